The molecule has 0 bridgehead atoms. The fraction of sp³-hybridized carbons (Fsp3) is 0.0435. The summed E-state index contributed by atoms with van der Waals surface area (Å²) in [6.07, 6.45) is 0. The van der Waals surface area contributed by atoms with Crippen molar-refractivity contribution in [2.24, 2.45) is 0 Å². The normalized spacial score (nSPS) is 10.5. The lowest BCUT2D eigenvalue weighted by atomic mass is 10.1. The third-order valence-corrected chi connectivity index (χ3v) is 4.73. The standard InChI is InChI=1S/C23H17N3O6/c1-31-18-8-4-3-7-17(18)22(27)25-20-16-6-2-5-9-19(16)32-21(20)23(28)24-14-10-12-15(13-11-14)26(29)30/h2-13H,1H3,(H,24,28)(H,25,27). The summed E-state index contributed by atoms with van der Waals surface area (Å²) in [5, 5.41) is 16.7. The number of ether oxygens (including phenoxy) is 1. The molecule has 4 rings (SSSR count). The average Bonchev–Trinajstić information content (AvgIpc) is 3.18. The van der Waals surface area contributed by atoms with Crippen LogP contribution in [-0.4, -0.2) is 23.8 Å². The van der Waals surface area contributed by atoms with Crippen molar-refractivity contribution in [3.8, 4) is 5.75 Å². The zero-order valence-electron chi connectivity index (χ0n) is 16.8. The predicted molar refractivity (Wildman–Crippen MR) is 118 cm³/mol. The maximum Gasteiger partial charge on any atom is 0.293 e. The number of para-hydroxylation sites is 2. The number of fused-ring (bicyclic) bond motifs is 1. The molecule has 9 heteroatoms. The number of nitrogens with zero attached hydrogens (tertiary/aromatic N) is 1. The first-order valence-electron chi connectivity index (χ1n) is 9.49. The van der Waals surface area contributed by atoms with E-state index in [1.807, 2.05) is 0 Å². The molecule has 3 aromatic carbocycles. The number of non-ortho nitro benzene ring substituents is 1. The van der Waals surface area contributed by atoms with Crippen LogP contribution in [0.25, 0.3) is 11.0 Å². The third-order valence-electron chi connectivity index (χ3n) is 4.73. The van der Waals surface area contributed by atoms with Crippen LogP contribution in [0.15, 0.2) is 77.2 Å². The molecule has 0 fully saturated rings. The maximum atomic E-state index is 12.9. The monoisotopic (exact) mass is 431 g/mol. The summed E-state index contributed by atoms with van der Waals surface area (Å²) in [6, 6.07) is 19.0. The van der Waals surface area contributed by atoms with Gasteiger partial charge in [0.25, 0.3) is 17.5 Å². The van der Waals surface area contributed by atoms with Crippen molar-refractivity contribution < 1.29 is 23.7 Å². The Morgan fingerprint density at radius 1 is 0.906 bits per heavy atom. The van der Waals surface area contributed by atoms with Crippen LogP contribution in [0, 0.1) is 10.1 Å². The van der Waals surface area contributed by atoms with Crippen LogP contribution < -0.4 is 15.4 Å². The van der Waals surface area contributed by atoms with Gasteiger partial charge in [0.05, 0.1) is 17.6 Å². The van der Waals surface area contributed by atoms with Crippen LogP contribution in [-0.2, 0) is 0 Å². The van der Waals surface area contributed by atoms with Crippen LogP contribution in [0.2, 0.25) is 0 Å². The number of hydrogen-bond acceptors (Lipinski definition) is 6. The van der Waals surface area contributed by atoms with Gasteiger partial charge in [-0.3, -0.25) is 19.7 Å². The van der Waals surface area contributed by atoms with Crippen LogP contribution in [0.1, 0.15) is 20.9 Å². The zero-order valence-corrected chi connectivity index (χ0v) is 16.8. The van der Waals surface area contributed by atoms with Crippen molar-refractivity contribution in [1.82, 2.24) is 0 Å². The Balaban J connectivity index is 1.67. The second kappa shape index (κ2) is 8.60. The highest BCUT2D eigenvalue weighted by atomic mass is 16.6. The molecule has 160 valence electrons. The van der Waals surface area contributed by atoms with E-state index in [0.717, 1.165) is 0 Å². The molecule has 1 aromatic heterocycles. The first-order chi connectivity index (χ1) is 15.5. The van der Waals surface area contributed by atoms with Gasteiger partial charge in [-0.1, -0.05) is 24.3 Å². The minimum atomic E-state index is -0.620. The fourth-order valence-electron chi connectivity index (χ4n) is 3.20. The number of nitro groups is 1. The molecule has 0 spiro atoms. The van der Waals surface area contributed by atoms with Crippen molar-refractivity contribution in [3.63, 3.8) is 0 Å². The first-order valence-corrected chi connectivity index (χ1v) is 9.49. The van der Waals surface area contributed by atoms with E-state index in [1.165, 1.54) is 31.4 Å². The van der Waals surface area contributed by atoms with E-state index in [9.17, 15) is 19.7 Å². The number of hydrogen-bond donors (Lipinski definition) is 2. The Morgan fingerprint density at radius 2 is 1.59 bits per heavy atom. The number of anilines is 2. The quantitative estimate of drug-likeness (QED) is 0.332. The summed E-state index contributed by atoms with van der Waals surface area (Å²) in [6.45, 7) is 0. The van der Waals surface area contributed by atoms with E-state index < -0.39 is 16.7 Å². The van der Waals surface area contributed by atoms with Gasteiger partial charge in [-0.15, -0.1) is 0 Å². The Labute approximate surface area is 181 Å². The highest BCUT2D eigenvalue weighted by molar-refractivity contribution is 6.17. The zero-order chi connectivity index (χ0) is 22.7. The van der Waals surface area contributed by atoms with Gasteiger partial charge >= 0.3 is 0 Å². The minimum Gasteiger partial charge on any atom is -0.496 e. The summed E-state index contributed by atoms with van der Waals surface area (Å²) in [7, 11) is 1.46. The average molecular weight is 431 g/mol. The molecule has 0 aliphatic heterocycles. The molecule has 0 aliphatic carbocycles. The number of carbonyl (C=O) groups excluding carboxylic acids is 2. The molecule has 0 atom stereocenters. The third kappa shape index (κ3) is 3.99. The van der Waals surface area contributed by atoms with Gasteiger partial charge in [-0.25, -0.2) is 0 Å². The number of carbonyl (C=O) groups is 2. The summed E-state index contributed by atoms with van der Waals surface area (Å²) in [5.74, 6) is -0.814. The first kappa shape index (κ1) is 20.6. The van der Waals surface area contributed by atoms with Crippen LogP contribution >= 0.6 is 0 Å². The smallest absolute Gasteiger partial charge is 0.293 e. The van der Waals surface area contributed by atoms with Gasteiger partial charge in [0.1, 0.15) is 17.0 Å². The SMILES string of the molecule is COc1ccccc1C(=O)Nc1c(C(=O)Nc2ccc([N+](=O)[O-])cc2)oc2ccccc12. The Hall–Kier alpha value is -4.66. The lowest BCUT2D eigenvalue weighted by Gasteiger charge is -2.10. The molecule has 0 aliphatic rings. The van der Waals surface area contributed by atoms with Gasteiger partial charge < -0.3 is 19.8 Å². The van der Waals surface area contributed by atoms with E-state index in [0.29, 0.717) is 28.0 Å². The van der Waals surface area contributed by atoms with Gasteiger partial charge in [0.15, 0.2) is 0 Å². The maximum absolute atomic E-state index is 12.9. The van der Waals surface area contributed by atoms with Crippen molar-refractivity contribution in [1.29, 1.82) is 0 Å². The lowest BCUT2D eigenvalue weighted by molar-refractivity contribution is -0.384. The number of rotatable bonds is 6. The van der Waals surface area contributed by atoms with E-state index in [-0.39, 0.29) is 17.1 Å². The van der Waals surface area contributed by atoms with E-state index >= 15 is 0 Å². The molecule has 32 heavy (non-hydrogen) atoms. The van der Waals surface area contributed by atoms with E-state index in [1.54, 1.807) is 48.5 Å². The minimum absolute atomic E-state index is 0.100. The fourth-order valence-corrected chi connectivity index (χ4v) is 3.20. The molecule has 1 heterocycles. The topological polar surface area (TPSA) is 124 Å². The number of amides is 2. The van der Waals surface area contributed by atoms with Gasteiger partial charge in [0.2, 0.25) is 5.76 Å². The molecule has 4 aromatic rings. The number of furan rings is 1. The second-order valence-electron chi connectivity index (χ2n) is 6.71. The second-order valence-corrected chi connectivity index (χ2v) is 6.71. The largest absolute Gasteiger partial charge is 0.496 e. The Bertz CT molecular complexity index is 1330. The highest BCUT2D eigenvalue weighted by Crippen LogP contribution is 2.32. The van der Waals surface area contributed by atoms with Crippen LogP contribution in [0.3, 0.4) is 0 Å². The molecule has 2 amide bonds. The Kier molecular flexibility index (Phi) is 5.54. The Morgan fingerprint density at radius 3 is 2.31 bits per heavy atom. The molecule has 0 saturated carbocycles. The van der Waals surface area contributed by atoms with Crippen molar-refractivity contribution in [2.75, 3.05) is 17.7 Å². The molecule has 0 unspecified atom stereocenters. The molecule has 0 radical (unpaired) electrons. The van der Waals surface area contributed by atoms with Crippen LogP contribution in [0.4, 0.5) is 17.1 Å². The summed E-state index contributed by atoms with van der Waals surface area (Å²) in [5.41, 5.74) is 1.15. The number of nitro benzene ring substituents is 1. The highest BCUT2D eigenvalue weighted by Gasteiger charge is 2.24. The van der Waals surface area contributed by atoms with Crippen molar-refractivity contribution in [2.45, 2.75) is 0 Å². The molecule has 2 N–H and O–H groups in total. The van der Waals surface area contributed by atoms with Gasteiger partial charge in [-0.05, 0) is 36.4 Å². The summed E-state index contributed by atoms with van der Waals surface area (Å²) in [4.78, 5) is 36.2. The lowest BCUT2D eigenvalue weighted by Crippen LogP contribution is -2.17. The predicted octanol–water partition coefficient (Wildman–Crippen LogP) is 4.85. The van der Waals surface area contributed by atoms with Crippen molar-refractivity contribution in [3.05, 3.63) is 94.2 Å². The molecule has 0 saturated heterocycles. The van der Waals surface area contributed by atoms with Crippen molar-refractivity contribution >= 4 is 39.8 Å². The summed E-state index contributed by atoms with van der Waals surface area (Å²) >= 11 is 0. The number of benzene rings is 3. The molecular formula is C23H17N3O6. The number of nitrogens with one attached hydrogen (secondary N) is 2. The summed E-state index contributed by atoms with van der Waals surface area (Å²) < 4.78 is 11.0. The molecule has 9 nitrogen and oxygen atoms in total. The van der Waals surface area contributed by atoms with E-state index in [4.69, 9.17) is 9.15 Å². The van der Waals surface area contributed by atoms with Gasteiger partial charge in [0, 0.05) is 23.2 Å². The van der Waals surface area contributed by atoms with E-state index in [2.05, 4.69) is 10.6 Å². The number of methoxy groups -OCH3 is 1. The van der Waals surface area contributed by atoms with Crippen LogP contribution in [0.5, 0.6) is 5.75 Å². The molecular weight excluding hydrogens is 414 g/mol. The van der Waals surface area contributed by atoms with Gasteiger partial charge in [-0.2, -0.15) is 0 Å².